The van der Waals surface area contributed by atoms with Gasteiger partial charge in [0.15, 0.2) is 0 Å². The van der Waals surface area contributed by atoms with Crippen molar-refractivity contribution in [1.82, 2.24) is 4.72 Å². The summed E-state index contributed by atoms with van der Waals surface area (Å²) in [7, 11) is -7.61. The number of sulfonamides is 2. The molecule has 4 N–H and O–H groups in total. The second kappa shape index (κ2) is 8.83. The maximum Gasteiger partial charge on any atom is 0.241 e. The van der Waals surface area contributed by atoms with Gasteiger partial charge in [-0.05, 0) is 37.5 Å². The zero-order valence-corrected chi connectivity index (χ0v) is 16.9. The Kier molecular flexibility index (Phi) is 7.85. The molecular formula is C15H25ClFN3O4S2. The minimum absolute atomic E-state index is 0. The average Bonchev–Trinajstić information content (AvgIpc) is 2.97. The molecule has 1 fully saturated rings. The van der Waals surface area contributed by atoms with E-state index in [9.17, 15) is 21.2 Å². The fourth-order valence-electron chi connectivity index (χ4n) is 2.98. The Bertz CT molecular complexity index is 825. The van der Waals surface area contributed by atoms with Gasteiger partial charge in [0.1, 0.15) is 5.82 Å². The summed E-state index contributed by atoms with van der Waals surface area (Å²) in [4.78, 5) is -0.261. The Morgan fingerprint density at radius 1 is 1.19 bits per heavy atom. The molecule has 1 aromatic rings. The Labute approximate surface area is 160 Å². The molecule has 7 nitrogen and oxygen atoms in total. The van der Waals surface area contributed by atoms with Crippen molar-refractivity contribution in [3.8, 4) is 0 Å². The Morgan fingerprint density at radius 3 is 2.31 bits per heavy atom. The number of hydrogen-bond donors (Lipinski definition) is 3. The third kappa shape index (κ3) is 5.53. The molecule has 1 aliphatic rings. The minimum Gasteiger partial charge on any atom is -0.329 e. The molecule has 0 saturated heterocycles. The molecule has 0 amide bonds. The van der Waals surface area contributed by atoms with Gasteiger partial charge in [0.25, 0.3) is 0 Å². The Hall–Kier alpha value is -0.940. The lowest BCUT2D eigenvalue weighted by molar-refractivity contribution is 0.399. The van der Waals surface area contributed by atoms with Crippen molar-refractivity contribution in [3.63, 3.8) is 0 Å². The standard InChI is InChI=1S/C15H24FN3O4S2.ClH/c1-2-9-24(20,21)18-14-6-5-12(10-13(14)16)25(22,23)19-15(11-17)7-3-4-8-15;/h5-6,10,18-19H,2-4,7-9,11,17H2,1H3;1H. The van der Waals surface area contributed by atoms with Gasteiger partial charge in [0, 0.05) is 12.1 Å². The number of halogens is 2. The second-order valence-corrected chi connectivity index (χ2v) is 9.88. The van der Waals surface area contributed by atoms with E-state index in [-0.39, 0.29) is 35.3 Å². The first-order valence-corrected chi connectivity index (χ1v) is 11.3. The van der Waals surface area contributed by atoms with Crippen molar-refractivity contribution in [2.75, 3.05) is 17.0 Å². The number of anilines is 1. The third-order valence-electron chi connectivity index (χ3n) is 4.29. The lowest BCUT2D eigenvalue weighted by atomic mass is 10.0. The van der Waals surface area contributed by atoms with Crippen molar-refractivity contribution in [2.24, 2.45) is 5.73 Å². The molecule has 0 heterocycles. The number of nitrogens with two attached hydrogens (primary N) is 1. The van der Waals surface area contributed by atoms with Crippen LogP contribution in [0.3, 0.4) is 0 Å². The molecule has 150 valence electrons. The maximum absolute atomic E-state index is 14.2. The van der Waals surface area contributed by atoms with Gasteiger partial charge in [-0.2, -0.15) is 0 Å². The predicted octanol–water partition coefficient (Wildman–Crippen LogP) is 1.95. The van der Waals surface area contributed by atoms with Gasteiger partial charge in [-0.3, -0.25) is 4.72 Å². The summed E-state index contributed by atoms with van der Waals surface area (Å²) < 4.78 is 67.4. The van der Waals surface area contributed by atoms with E-state index in [1.807, 2.05) is 0 Å². The summed E-state index contributed by atoms with van der Waals surface area (Å²) in [5.74, 6) is -1.09. The fraction of sp³-hybridized carbons (Fsp3) is 0.600. The summed E-state index contributed by atoms with van der Waals surface area (Å²) in [6.07, 6.45) is 3.42. The summed E-state index contributed by atoms with van der Waals surface area (Å²) in [5, 5.41) is 0. The summed E-state index contributed by atoms with van der Waals surface area (Å²) in [5.41, 5.74) is 4.75. The highest BCUT2D eigenvalue weighted by atomic mass is 35.5. The first-order valence-electron chi connectivity index (χ1n) is 8.17. The zero-order valence-electron chi connectivity index (χ0n) is 14.5. The zero-order chi connectivity index (χ0) is 18.7. The molecule has 0 aliphatic heterocycles. The van der Waals surface area contributed by atoms with Crippen LogP contribution in [0, 0.1) is 5.82 Å². The van der Waals surface area contributed by atoms with E-state index in [2.05, 4.69) is 9.44 Å². The molecule has 11 heteroatoms. The smallest absolute Gasteiger partial charge is 0.241 e. The van der Waals surface area contributed by atoms with Crippen LogP contribution < -0.4 is 15.2 Å². The molecule has 0 bridgehead atoms. The fourth-order valence-corrected chi connectivity index (χ4v) is 5.60. The second-order valence-electron chi connectivity index (χ2n) is 6.36. The summed E-state index contributed by atoms with van der Waals surface area (Å²) >= 11 is 0. The summed E-state index contributed by atoms with van der Waals surface area (Å²) in [6, 6.07) is 3.10. The van der Waals surface area contributed by atoms with E-state index in [0.29, 0.717) is 19.3 Å². The molecule has 0 spiro atoms. The first-order chi connectivity index (χ1) is 11.6. The highest BCUT2D eigenvalue weighted by Gasteiger charge is 2.37. The van der Waals surface area contributed by atoms with Gasteiger partial charge in [-0.25, -0.2) is 25.9 Å². The van der Waals surface area contributed by atoms with Crippen LogP contribution in [0.1, 0.15) is 39.0 Å². The van der Waals surface area contributed by atoms with E-state index >= 15 is 0 Å². The molecule has 1 aromatic carbocycles. The minimum atomic E-state index is -3.95. The van der Waals surface area contributed by atoms with Crippen molar-refractivity contribution >= 4 is 38.1 Å². The molecule has 0 aromatic heterocycles. The highest BCUT2D eigenvalue weighted by molar-refractivity contribution is 7.92. The maximum atomic E-state index is 14.2. The van der Waals surface area contributed by atoms with E-state index in [0.717, 1.165) is 25.0 Å². The third-order valence-corrected chi connectivity index (χ3v) is 7.34. The average molecular weight is 430 g/mol. The summed E-state index contributed by atoms with van der Waals surface area (Å²) in [6.45, 7) is 1.86. The van der Waals surface area contributed by atoms with Crippen LogP contribution in [-0.4, -0.2) is 34.7 Å². The van der Waals surface area contributed by atoms with Crippen LogP contribution in [0.15, 0.2) is 23.1 Å². The van der Waals surface area contributed by atoms with E-state index in [4.69, 9.17) is 5.73 Å². The predicted molar refractivity (Wildman–Crippen MR) is 102 cm³/mol. The SMILES string of the molecule is CCCS(=O)(=O)Nc1ccc(S(=O)(=O)NC2(CN)CCCC2)cc1F.Cl. The van der Waals surface area contributed by atoms with Gasteiger partial charge < -0.3 is 5.73 Å². The van der Waals surface area contributed by atoms with Gasteiger partial charge in [0.05, 0.1) is 16.3 Å². The lowest BCUT2D eigenvalue weighted by Crippen LogP contribution is -2.51. The topological polar surface area (TPSA) is 118 Å². The van der Waals surface area contributed by atoms with Crippen LogP contribution in [0.25, 0.3) is 0 Å². The highest BCUT2D eigenvalue weighted by Crippen LogP contribution is 2.31. The van der Waals surface area contributed by atoms with Gasteiger partial charge >= 0.3 is 0 Å². The van der Waals surface area contributed by atoms with Gasteiger partial charge in [-0.1, -0.05) is 19.8 Å². The van der Waals surface area contributed by atoms with Crippen molar-refractivity contribution in [1.29, 1.82) is 0 Å². The Balaban J connectivity index is 0.00000338. The normalized spacial score (nSPS) is 16.9. The van der Waals surface area contributed by atoms with Crippen molar-refractivity contribution in [2.45, 2.75) is 49.5 Å². The number of nitrogens with one attached hydrogen (secondary N) is 2. The monoisotopic (exact) mass is 429 g/mol. The first kappa shape index (κ1) is 23.1. The van der Waals surface area contributed by atoms with Crippen molar-refractivity contribution in [3.05, 3.63) is 24.0 Å². The quantitative estimate of drug-likeness (QED) is 0.583. The molecular weight excluding hydrogens is 405 g/mol. The molecule has 1 aliphatic carbocycles. The number of rotatable bonds is 8. The molecule has 2 rings (SSSR count). The molecule has 0 unspecified atom stereocenters. The van der Waals surface area contributed by atoms with Crippen LogP contribution in [0.5, 0.6) is 0 Å². The number of benzene rings is 1. The van der Waals surface area contributed by atoms with Crippen LogP contribution in [0.2, 0.25) is 0 Å². The van der Waals surface area contributed by atoms with E-state index in [1.165, 1.54) is 6.07 Å². The van der Waals surface area contributed by atoms with Crippen LogP contribution >= 0.6 is 12.4 Å². The van der Waals surface area contributed by atoms with Gasteiger partial charge in [-0.15, -0.1) is 12.4 Å². The van der Waals surface area contributed by atoms with E-state index in [1.54, 1.807) is 6.92 Å². The molecule has 0 radical (unpaired) electrons. The van der Waals surface area contributed by atoms with Gasteiger partial charge in [0.2, 0.25) is 20.0 Å². The largest absolute Gasteiger partial charge is 0.329 e. The molecule has 0 atom stereocenters. The van der Waals surface area contributed by atoms with E-state index < -0.39 is 31.4 Å². The van der Waals surface area contributed by atoms with Crippen LogP contribution in [0.4, 0.5) is 10.1 Å². The molecule has 1 saturated carbocycles. The van der Waals surface area contributed by atoms with Crippen molar-refractivity contribution < 1.29 is 21.2 Å². The number of hydrogen-bond acceptors (Lipinski definition) is 5. The lowest BCUT2D eigenvalue weighted by Gasteiger charge is -2.28. The Morgan fingerprint density at radius 2 is 1.81 bits per heavy atom. The molecule has 26 heavy (non-hydrogen) atoms. The van der Waals surface area contributed by atoms with Crippen LogP contribution in [-0.2, 0) is 20.0 Å².